The molecule has 1 saturated heterocycles. The lowest BCUT2D eigenvalue weighted by Crippen LogP contribution is -2.50. The minimum absolute atomic E-state index is 0.0333. The Morgan fingerprint density at radius 1 is 1.00 bits per heavy atom. The maximum Gasteiger partial charge on any atom is 0.240 e. The van der Waals surface area contributed by atoms with E-state index in [1.165, 1.54) is 9.80 Å². The molecule has 4 rings (SSSR count). The summed E-state index contributed by atoms with van der Waals surface area (Å²) in [6, 6.07) is 20.6. The summed E-state index contributed by atoms with van der Waals surface area (Å²) in [5.74, 6) is -1.49. The van der Waals surface area contributed by atoms with Crippen molar-refractivity contribution in [3.63, 3.8) is 0 Å². The number of rotatable bonds is 6. The number of pyridine rings is 1. The van der Waals surface area contributed by atoms with Crippen LogP contribution in [0.25, 0.3) is 16.8 Å². The molecule has 1 fully saturated rings. The van der Waals surface area contributed by atoms with Crippen LogP contribution in [0.15, 0.2) is 79.1 Å². The molecule has 6 nitrogen and oxygen atoms in total. The number of likely N-dealkylation sites (tertiary alicyclic amines) is 1. The first-order chi connectivity index (χ1) is 16.3. The molecule has 2 aromatic carbocycles. The van der Waals surface area contributed by atoms with Crippen LogP contribution in [-0.2, 0) is 9.59 Å². The predicted octanol–water partition coefficient (Wildman–Crippen LogP) is 2.70. The van der Waals surface area contributed by atoms with Gasteiger partial charge in [0.05, 0.1) is 12.5 Å². The summed E-state index contributed by atoms with van der Waals surface area (Å²) in [6.45, 7) is 0.360. The van der Waals surface area contributed by atoms with Crippen molar-refractivity contribution in [3.05, 3.63) is 84.7 Å². The highest BCUT2D eigenvalue weighted by Crippen LogP contribution is 2.27. The molecule has 1 aromatic heterocycles. The lowest BCUT2D eigenvalue weighted by molar-refractivity contribution is -0.595. The molecule has 2 N–H and O–H groups in total. The third kappa shape index (κ3) is 4.99. The average Bonchev–Trinajstić information content (AvgIpc) is 3.30. The number of benzene rings is 2. The first-order valence-electron chi connectivity index (χ1n) is 11.4. The number of nitrogens with two attached hydrogens (primary N) is 1. The summed E-state index contributed by atoms with van der Waals surface area (Å²) in [4.78, 5) is 28.8. The Kier molecular flexibility index (Phi) is 7.03. The number of halogens is 1. The number of hydrogen-bond donors (Lipinski definition) is 1. The van der Waals surface area contributed by atoms with E-state index >= 15 is 0 Å². The smallest absolute Gasteiger partial charge is 0.240 e. The molecule has 1 aliphatic heterocycles. The Hall–Kier alpha value is -3.58. The van der Waals surface area contributed by atoms with Gasteiger partial charge in [-0.3, -0.25) is 9.59 Å². The maximum absolute atomic E-state index is 13.6. The third-order valence-electron chi connectivity index (χ3n) is 6.28. The van der Waals surface area contributed by atoms with Gasteiger partial charge in [-0.05, 0) is 35.2 Å². The lowest BCUT2D eigenvalue weighted by Gasteiger charge is -2.28. The average molecular weight is 462 g/mol. The highest BCUT2D eigenvalue weighted by atomic mass is 19.1. The van der Waals surface area contributed by atoms with Crippen molar-refractivity contribution in [1.29, 1.82) is 0 Å². The van der Waals surface area contributed by atoms with E-state index in [-0.39, 0.29) is 12.5 Å². The zero-order valence-corrected chi connectivity index (χ0v) is 19.5. The largest absolute Gasteiger partial charge is 0.348 e. The molecule has 34 heavy (non-hydrogen) atoms. The minimum atomic E-state index is -1.08. The third-order valence-corrected chi connectivity index (χ3v) is 6.28. The molecule has 3 atom stereocenters. The van der Waals surface area contributed by atoms with E-state index in [2.05, 4.69) is 0 Å². The number of aromatic nitrogens is 1. The van der Waals surface area contributed by atoms with Crippen molar-refractivity contribution in [2.45, 2.75) is 24.6 Å². The Bertz CT molecular complexity index is 1130. The molecule has 1 aliphatic rings. The molecule has 0 saturated carbocycles. The van der Waals surface area contributed by atoms with Gasteiger partial charge in [-0.15, -0.1) is 0 Å². The molecule has 2 heterocycles. The summed E-state index contributed by atoms with van der Waals surface area (Å²) < 4.78 is 15.7. The second kappa shape index (κ2) is 10.1. The number of nitrogens with zero attached hydrogens (tertiary/aromatic N) is 3. The Morgan fingerprint density at radius 2 is 1.59 bits per heavy atom. The van der Waals surface area contributed by atoms with E-state index in [9.17, 15) is 14.0 Å². The highest BCUT2D eigenvalue weighted by Gasteiger charge is 2.37. The van der Waals surface area contributed by atoms with E-state index in [0.29, 0.717) is 18.5 Å². The van der Waals surface area contributed by atoms with Crippen LogP contribution >= 0.6 is 0 Å². The van der Waals surface area contributed by atoms with Crippen molar-refractivity contribution in [2.75, 3.05) is 27.2 Å². The first-order valence-corrected chi connectivity index (χ1v) is 11.4. The lowest BCUT2D eigenvalue weighted by atomic mass is 9.88. The Morgan fingerprint density at radius 3 is 2.12 bits per heavy atom. The Balaban J connectivity index is 1.56. The maximum atomic E-state index is 13.6. The summed E-state index contributed by atoms with van der Waals surface area (Å²) in [7, 11) is 3.28. The number of amides is 2. The molecule has 0 spiro atoms. The monoisotopic (exact) mass is 461 g/mol. The van der Waals surface area contributed by atoms with Crippen LogP contribution in [0, 0.1) is 0 Å². The summed E-state index contributed by atoms with van der Waals surface area (Å²) in [6.07, 6.45) is 3.25. The van der Waals surface area contributed by atoms with Crippen LogP contribution in [0.1, 0.15) is 17.9 Å². The van der Waals surface area contributed by atoms with Crippen molar-refractivity contribution in [3.8, 4) is 16.8 Å². The van der Waals surface area contributed by atoms with E-state index < -0.39 is 24.0 Å². The van der Waals surface area contributed by atoms with Gasteiger partial charge in [-0.1, -0.05) is 30.3 Å². The topological polar surface area (TPSA) is 70.5 Å². The van der Waals surface area contributed by atoms with Gasteiger partial charge in [0, 0.05) is 44.9 Å². The fourth-order valence-corrected chi connectivity index (χ4v) is 4.33. The van der Waals surface area contributed by atoms with Gasteiger partial charge in [0.1, 0.15) is 12.2 Å². The SMILES string of the molecule is CN(C)C(=O)[C@@H](c1ccc(-c2ccc(-[n+]3ccccc3)cc2)cc1)[C@H](N)C(=O)N1CC[C@H](F)C1. The second-order valence-electron chi connectivity index (χ2n) is 8.86. The summed E-state index contributed by atoms with van der Waals surface area (Å²) in [5.41, 5.74) is 10.1. The fourth-order valence-electron chi connectivity index (χ4n) is 4.33. The second-order valence-corrected chi connectivity index (χ2v) is 8.86. The number of likely N-dealkylation sites (N-methyl/N-ethyl adjacent to an activating group) is 1. The van der Waals surface area contributed by atoms with Gasteiger partial charge in [-0.25, -0.2) is 4.39 Å². The van der Waals surface area contributed by atoms with E-state index in [1.54, 1.807) is 14.1 Å². The van der Waals surface area contributed by atoms with E-state index in [0.717, 1.165) is 16.8 Å². The van der Waals surface area contributed by atoms with Gasteiger partial charge < -0.3 is 15.5 Å². The molecule has 0 aliphatic carbocycles. The first kappa shape index (κ1) is 23.6. The fraction of sp³-hybridized carbons (Fsp3) is 0.296. The van der Waals surface area contributed by atoms with Crippen LogP contribution < -0.4 is 10.3 Å². The van der Waals surface area contributed by atoms with Crippen molar-refractivity contribution in [2.24, 2.45) is 5.73 Å². The van der Waals surface area contributed by atoms with Gasteiger partial charge >= 0.3 is 0 Å². The molecule has 2 amide bonds. The van der Waals surface area contributed by atoms with Crippen LogP contribution in [0.3, 0.4) is 0 Å². The number of hydrogen-bond acceptors (Lipinski definition) is 3. The normalized spacial score (nSPS) is 17.3. The van der Waals surface area contributed by atoms with E-state index in [1.807, 2.05) is 83.7 Å². The van der Waals surface area contributed by atoms with Gasteiger partial charge in [0.25, 0.3) is 0 Å². The molecular weight excluding hydrogens is 431 g/mol. The number of alkyl halides is 1. The number of carbonyl (C=O) groups excluding carboxylic acids is 2. The van der Waals surface area contributed by atoms with E-state index in [4.69, 9.17) is 5.73 Å². The molecular formula is C27H30FN4O2+. The standard InChI is InChI=1S/C27H30FN4O2/c1-30(2)26(33)24(25(29)27(34)32-17-14-22(28)18-32)21-8-6-19(7-9-21)20-10-12-23(13-11-20)31-15-4-3-5-16-31/h3-13,15-16,22,24-25H,14,17-18,29H2,1-2H3/q+1/t22-,24-,25-/m0/s1. The van der Waals surface area contributed by atoms with Gasteiger partial charge in [-0.2, -0.15) is 4.57 Å². The van der Waals surface area contributed by atoms with Crippen molar-refractivity contribution >= 4 is 11.8 Å². The molecule has 0 unspecified atom stereocenters. The van der Waals surface area contributed by atoms with Crippen LogP contribution in [0.5, 0.6) is 0 Å². The van der Waals surface area contributed by atoms with Gasteiger partial charge in [0.15, 0.2) is 12.4 Å². The minimum Gasteiger partial charge on any atom is -0.348 e. The molecule has 7 heteroatoms. The van der Waals surface area contributed by atoms with Gasteiger partial charge in [0.2, 0.25) is 17.5 Å². The van der Waals surface area contributed by atoms with Crippen LogP contribution in [0.2, 0.25) is 0 Å². The van der Waals surface area contributed by atoms with Crippen molar-refractivity contribution < 1.29 is 18.5 Å². The quantitative estimate of drug-likeness (QED) is 0.574. The molecule has 0 bridgehead atoms. The summed E-state index contributed by atoms with van der Waals surface area (Å²) >= 11 is 0. The highest BCUT2D eigenvalue weighted by molar-refractivity contribution is 5.93. The Labute approximate surface area is 199 Å². The van der Waals surface area contributed by atoms with Crippen molar-refractivity contribution in [1.82, 2.24) is 9.80 Å². The number of carbonyl (C=O) groups is 2. The predicted molar refractivity (Wildman–Crippen MR) is 129 cm³/mol. The zero-order valence-electron chi connectivity index (χ0n) is 19.5. The molecule has 176 valence electrons. The van der Waals surface area contributed by atoms with Crippen LogP contribution in [-0.4, -0.2) is 61.0 Å². The molecule has 0 radical (unpaired) electrons. The summed E-state index contributed by atoms with van der Waals surface area (Å²) in [5, 5.41) is 0. The van der Waals surface area contributed by atoms with Crippen LogP contribution in [0.4, 0.5) is 4.39 Å². The zero-order chi connectivity index (χ0) is 24.2. The molecule has 3 aromatic rings.